The Morgan fingerprint density at radius 3 is 1.50 bits per heavy atom. The highest BCUT2D eigenvalue weighted by Crippen LogP contribution is 2.24. The Bertz CT molecular complexity index is 181. The number of thiol groups is 2. The molecule has 0 spiro atoms. The molecule has 4 unspecified atom stereocenters. The first-order chi connectivity index (χ1) is 7.34. The van der Waals surface area contributed by atoms with Crippen molar-refractivity contribution in [3.8, 4) is 0 Å². The third-order valence-electron chi connectivity index (χ3n) is 2.46. The van der Waals surface area contributed by atoms with Crippen LogP contribution in [0.3, 0.4) is 0 Å². The second-order valence-corrected chi connectivity index (χ2v) is 8.62. The molecule has 0 rings (SSSR count). The Morgan fingerprint density at radius 2 is 1.25 bits per heavy atom. The van der Waals surface area contributed by atoms with Crippen molar-refractivity contribution in [1.29, 1.82) is 0 Å². The van der Waals surface area contributed by atoms with Gasteiger partial charge in [-0.1, -0.05) is 39.8 Å². The van der Waals surface area contributed by atoms with Crippen LogP contribution in [0.4, 0.5) is 0 Å². The summed E-state index contributed by atoms with van der Waals surface area (Å²) in [5.74, 6) is 2.10. The minimum absolute atomic E-state index is 0.446. The van der Waals surface area contributed by atoms with E-state index in [1.54, 1.807) is 0 Å². The van der Waals surface area contributed by atoms with E-state index in [1.165, 1.54) is 5.57 Å². The van der Waals surface area contributed by atoms with E-state index in [-0.39, 0.29) is 0 Å². The average Bonchev–Trinajstić information content (AvgIpc) is 2.21. The molecule has 0 aliphatic carbocycles. The molecule has 0 aromatic heterocycles. The summed E-state index contributed by atoms with van der Waals surface area (Å²) in [5, 5.41) is 2.07. The molecule has 0 radical (unpaired) electrons. The summed E-state index contributed by atoms with van der Waals surface area (Å²) in [6.07, 6.45) is 0. The topological polar surface area (TPSA) is 0 Å². The first kappa shape index (κ1) is 17.1. The minimum atomic E-state index is 0.446. The summed E-state index contributed by atoms with van der Waals surface area (Å²) in [4.78, 5) is 0. The van der Waals surface area contributed by atoms with Crippen LogP contribution >= 0.6 is 48.8 Å². The molecule has 0 fully saturated rings. The van der Waals surface area contributed by atoms with Gasteiger partial charge in [0.2, 0.25) is 0 Å². The van der Waals surface area contributed by atoms with Crippen LogP contribution in [0.1, 0.15) is 27.7 Å². The highest BCUT2D eigenvalue weighted by molar-refractivity contribution is 8.01. The van der Waals surface area contributed by atoms with E-state index in [4.69, 9.17) is 0 Å². The molecule has 96 valence electrons. The Balaban J connectivity index is 3.67. The fraction of sp³-hybridized carbons (Fsp3) is 0.833. The molecule has 0 aromatic rings. The molecule has 0 aliphatic heterocycles. The van der Waals surface area contributed by atoms with Gasteiger partial charge in [0.05, 0.1) is 0 Å². The van der Waals surface area contributed by atoms with Crippen LogP contribution in [0, 0.1) is 0 Å². The molecule has 4 heteroatoms. The first-order valence-corrected chi connectivity index (χ1v) is 8.73. The van der Waals surface area contributed by atoms with E-state index in [1.807, 2.05) is 23.5 Å². The fourth-order valence-corrected chi connectivity index (χ4v) is 3.22. The molecule has 0 heterocycles. The van der Waals surface area contributed by atoms with Crippen molar-refractivity contribution in [2.75, 3.05) is 11.5 Å². The molecule has 0 saturated carbocycles. The normalized spacial score (nSPS) is 18.9. The third-order valence-corrected chi connectivity index (χ3v) is 6.78. The van der Waals surface area contributed by atoms with Crippen LogP contribution in [-0.4, -0.2) is 32.5 Å². The summed E-state index contributed by atoms with van der Waals surface area (Å²) >= 11 is 12.8. The number of hydrogen-bond acceptors (Lipinski definition) is 4. The first-order valence-electron chi connectivity index (χ1n) is 5.60. The molecule has 0 amide bonds. The largest absolute Gasteiger partial charge is 0.175 e. The van der Waals surface area contributed by atoms with Crippen LogP contribution in [0.2, 0.25) is 0 Å². The van der Waals surface area contributed by atoms with Gasteiger partial charge in [0.15, 0.2) is 0 Å². The zero-order valence-corrected chi connectivity index (χ0v) is 14.1. The standard InChI is InChI=1S/C12H24S4/c1-8(6-15-11(4)9(2)13)7-16-12(5)10(3)14/h9-14H,1,6-7H2,2-5H3. The van der Waals surface area contributed by atoms with Gasteiger partial charge < -0.3 is 0 Å². The maximum Gasteiger partial charge on any atom is 0.0151 e. The number of thioether (sulfide) groups is 2. The molecule has 0 saturated heterocycles. The van der Waals surface area contributed by atoms with Crippen molar-refractivity contribution in [1.82, 2.24) is 0 Å². The summed E-state index contributed by atoms with van der Waals surface area (Å²) in [7, 11) is 0. The second-order valence-electron chi connectivity index (χ2n) is 4.26. The Kier molecular flexibility index (Phi) is 9.77. The van der Waals surface area contributed by atoms with Gasteiger partial charge >= 0.3 is 0 Å². The SMILES string of the molecule is C=C(CSC(C)C(C)S)CSC(C)C(C)S. The van der Waals surface area contributed by atoms with Crippen molar-refractivity contribution in [3.05, 3.63) is 12.2 Å². The van der Waals surface area contributed by atoms with E-state index >= 15 is 0 Å². The van der Waals surface area contributed by atoms with E-state index in [0.29, 0.717) is 21.0 Å². The molecular formula is C12H24S4. The van der Waals surface area contributed by atoms with Gasteiger partial charge in [0, 0.05) is 32.5 Å². The molecule has 16 heavy (non-hydrogen) atoms. The lowest BCUT2D eigenvalue weighted by Gasteiger charge is -2.17. The lowest BCUT2D eigenvalue weighted by molar-refractivity contribution is 0.932. The zero-order chi connectivity index (χ0) is 12.7. The minimum Gasteiger partial charge on any atom is -0.175 e. The summed E-state index contributed by atoms with van der Waals surface area (Å²) in [6.45, 7) is 12.9. The van der Waals surface area contributed by atoms with Gasteiger partial charge in [0.1, 0.15) is 0 Å². The van der Waals surface area contributed by atoms with Gasteiger partial charge in [-0.05, 0) is 0 Å². The number of hydrogen-bond donors (Lipinski definition) is 2. The molecule has 0 bridgehead atoms. The van der Waals surface area contributed by atoms with Gasteiger partial charge in [-0.3, -0.25) is 0 Å². The predicted octanol–water partition coefficient (Wildman–Crippen LogP) is 4.42. The average molecular weight is 297 g/mol. The third kappa shape index (κ3) is 8.26. The van der Waals surface area contributed by atoms with Crippen LogP contribution in [0.25, 0.3) is 0 Å². The maximum absolute atomic E-state index is 4.44. The van der Waals surface area contributed by atoms with Crippen molar-refractivity contribution in [2.24, 2.45) is 0 Å². The summed E-state index contributed by atoms with van der Waals surface area (Å²) in [5.41, 5.74) is 1.32. The van der Waals surface area contributed by atoms with Gasteiger partial charge in [-0.25, -0.2) is 0 Å². The summed E-state index contributed by atoms with van der Waals surface area (Å²) in [6, 6.07) is 0. The van der Waals surface area contributed by atoms with E-state index in [0.717, 1.165) is 11.5 Å². The van der Waals surface area contributed by atoms with Crippen molar-refractivity contribution >= 4 is 48.8 Å². The molecule has 0 aliphatic rings. The fourth-order valence-electron chi connectivity index (χ4n) is 0.819. The van der Waals surface area contributed by atoms with Crippen LogP contribution < -0.4 is 0 Å². The second kappa shape index (κ2) is 9.12. The smallest absolute Gasteiger partial charge is 0.0151 e. The predicted molar refractivity (Wildman–Crippen MR) is 89.9 cm³/mol. The molecular weight excluding hydrogens is 272 g/mol. The van der Waals surface area contributed by atoms with E-state index < -0.39 is 0 Å². The lowest BCUT2D eigenvalue weighted by atomic mass is 10.4. The van der Waals surface area contributed by atoms with Gasteiger partial charge in [0.25, 0.3) is 0 Å². The lowest BCUT2D eigenvalue weighted by Crippen LogP contribution is -2.12. The van der Waals surface area contributed by atoms with Crippen molar-refractivity contribution < 1.29 is 0 Å². The molecule has 0 N–H and O–H groups in total. The quantitative estimate of drug-likeness (QED) is 0.502. The van der Waals surface area contributed by atoms with Crippen LogP contribution in [0.5, 0.6) is 0 Å². The van der Waals surface area contributed by atoms with Crippen LogP contribution in [-0.2, 0) is 0 Å². The Hall–Kier alpha value is 1.14. The monoisotopic (exact) mass is 296 g/mol. The highest BCUT2D eigenvalue weighted by atomic mass is 32.2. The summed E-state index contributed by atoms with van der Waals surface area (Å²) < 4.78 is 0. The van der Waals surface area contributed by atoms with Crippen molar-refractivity contribution in [3.63, 3.8) is 0 Å². The molecule has 0 nitrogen and oxygen atoms in total. The Morgan fingerprint density at radius 1 is 0.938 bits per heavy atom. The molecule has 0 aromatic carbocycles. The van der Waals surface area contributed by atoms with Crippen LogP contribution in [0.15, 0.2) is 12.2 Å². The van der Waals surface area contributed by atoms with E-state index in [2.05, 4.69) is 59.5 Å². The maximum atomic E-state index is 4.44. The Labute approximate surface area is 121 Å². The number of rotatable bonds is 8. The highest BCUT2D eigenvalue weighted by Gasteiger charge is 2.11. The zero-order valence-electron chi connectivity index (χ0n) is 10.6. The van der Waals surface area contributed by atoms with Gasteiger partial charge in [-0.15, -0.1) is 0 Å². The van der Waals surface area contributed by atoms with E-state index in [9.17, 15) is 0 Å². The molecule has 4 atom stereocenters. The van der Waals surface area contributed by atoms with Crippen molar-refractivity contribution in [2.45, 2.75) is 48.7 Å². The van der Waals surface area contributed by atoms with Gasteiger partial charge in [-0.2, -0.15) is 48.8 Å².